The first-order valence-corrected chi connectivity index (χ1v) is 5.74. The fraction of sp³-hybridized carbons (Fsp3) is 0.636. The normalized spacial score (nSPS) is 21.1. The molecule has 2 heterocycles. The Labute approximate surface area is 102 Å². The topological polar surface area (TPSA) is 49.3 Å². The number of aliphatic hydroxyl groups is 1. The van der Waals surface area contributed by atoms with Crippen LogP contribution in [0.4, 0.5) is 19.0 Å². The third kappa shape index (κ3) is 2.90. The van der Waals surface area contributed by atoms with E-state index >= 15 is 0 Å². The zero-order valence-corrected chi connectivity index (χ0v) is 9.69. The lowest BCUT2D eigenvalue weighted by atomic mass is 9.97. The number of halogens is 3. The van der Waals surface area contributed by atoms with Gasteiger partial charge < -0.3 is 10.0 Å². The van der Waals surface area contributed by atoms with Crippen molar-refractivity contribution in [1.82, 2.24) is 9.97 Å². The van der Waals surface area contributed by atoms with E-state index in [-0.39, 0.29) is 19.6 Å². The van der Waals surface area contributed by atoms with Gasteiger partial charge in [-0.15, -0.1) is 0 Å². The second-order valence-electron chi connectivity index (χ2n) is 4.35. The minimum Gasteiger partial charge on any atom is -0.390 e. The summed E-state index contributed by atoms with van der Waals surface area (Å²) in [5.74, 6) is -0.915. The van der Waals surface area contributed by atoms with Crippen LogP contribution in [0.3, 0.4) is 0 Å². The number of piperidine rings is 1. The molecule has 1 N–H and O–H groups in total. The Morgan fingerprint density at radius 1 is 1.39 bits per heavy atom. The Hall–Kier alpha value is -1.37. The van der Waals surface area contributed by atoms with E-state index in [1.165, 1.54) is 12.4 Å². The lowest BCUT2D eigenvalue weighted by Gasteiger charge is -2.34. The van der Waals surface area contributed by atoms with Crippen molar-refractivity contribution < 1.29 is 18.3 Å². The zero-order valence-electron chi connectivity index (χ0n) is 9.69. The summed E-state index contributed by atoms with van der Waals surface area (Å²) in [6.45, 7) is 0.181. The highest BCUT2D eigenvalue weighted by Gasteiger charge is 2.42. The van der Waals surface area contributed by atoms with Crippen LogP contribution in [0.5, 0.6) is 0 Å². The Balaban J connectivity index is 2.13. The van der Waals surface area contributed by atoms with Gasteiger partial charge in [-0.1, -0.05) is 0 Å². The van der Waals surface area contributed by atoms with Gasteiger partial charge in [-0.05, 0) is 12.8 Å². The van der Waals surface area contributed by atoms with E-state index in [9.17, 15) is 13.2 Å². The molecule has 18 heavy (non-hydrogen) atoms. The molecule has 0 radical (unpaired) electrons. The Morgan fingerprint density at radius 2 is 2.17 bits per heavy atom. The fourth-order valence-electron chi connectivity index (χ4n) is 2.08. The molecule has 2 rings (SSSR count). The van der Waals surface area contributed by atoms with Crippen molar-refractivity contribution in [3.05, 3.63) is 18.1 Å². The molecule has 1 saturated heterocycles. The first kappa shape index (κ1) is 13.1. The summed E-state index contributed by atoms with van der Waals surface area (Å²) in [5, 5.41) is 8.94. The Bertz CT molecular complexity index is 411. The monoisotopic (exact) mass is 261 g/mol. The van der Waals surface area contributed by atoms with Gasteiger partial charge in [0, 0.05) is 13.1 Å². The fourth-order valence-corrected chi connectivity index (χ4v) is 2.08. The molecule has 1 fully saturated rings. The van der Waals surface area contributed by atoms with Crippen LogP contribution in [-0.2, 0) is 6.61 Å². The van der Waals surface area contributed by atoms with Crippen molar-refractivity contribution in [2.24, 2.45) is 5.92 Å². The molecule has 1 aromatic heterocycles. The molecule has 100 valence electrons. The second-order valence-corrected chi connectivity index (χ2v) is 4.35. The maximum Gasteiger partial charge on any atom is 0.393 e. The van der Waals surface area contributed by atoms with Crippen LogP contribution < -0.4 is 4.90 Å². The van der Waals surface area contributed by atoms with Crippen molar-refractivity contribution in [1.29, 1.82) is 0 Å². The van der Waals surface area contributed by atoms with Gasteiger partial charge in [-0.25, -0.2) is 4.98 Å². The lowest BCUT2D eigenvalue weighted by Crippen LogP contribution is -2.42. The molecular formula is C11H14F3N3O. The number of nitrogens with zero attached hydrogens (tertiary/aromatic N) is 3. The van der Waals surface area contributed by atoms with Crippen molar-refractivity contribution >= 4 is 5.82 Å². The average Bonchev–Trinajstić information content (AvgIpc) is 2.38. The summed E-state index contributed by atoms with van der Waals surface area (Å²) in [5.41, 5.74) is 0.363. The molecule has 1 atom stereocenters. The minimum atomic E-state index is -4.17. The molecule has 7 heteroatoms. The van der Waals surface area contributed by atoms with Gasteiger partial charge in [0.15, 0.2) is 0 Å². The minimum absolute atomic E-state index is 0.0902. The maximum absolute atomic E-state index is 12.7. The number of aromatic nitrogens is 2. The smallest absolute Gasteiger partial charge is 0.390 e. The SMILES string of the molecule is OCc1cncc(N2CCCC(C(F)(F)F)C2)n1. The summed E-state index contributed by atoms with van der Waals surface area (Å²) in [6, 6.07) is 0. The van der Waals surface area contributed by atoms with Gasteiger partial charge in [0.1, 0.15) is 5.82 Å². The highest BCUT2D eigenvalue weighted by Crippen LogP contribution is 2.34. The second kappa shape index (κ2) is 5.09. The van der Waals surface area contributed by atoms with E-state index in [1.54, 1.807) is 4.90 Å². The van der Waals surface area contributed by atoms with E-state index in [1.807, 2.05) is 0 Å². The summed E-state index contributed by atoms with van der Waals surface area (Å²) in [4.78, 5) is 9.53. The third-order valence-corrected chi connectivity index (χ3v) is 3.04. The van der Waals surface area contributed by atoms with Gasteiger partial charge in [-0.3, -0.25) is 4.98 Å². The first-order valence-electron chi connectivity index (χ1n) is 5.74. The number of hydrogen-bond donors (Lipinski definition) is 1. The molecule has 1 aromatic rings. The number of aliphatic hydroxyl groups excluding tert-OH is 1. The highest BCUT2D eigenvalue weighted by atomic mass is 19.4. The van der Waals surface area contributed by atoms with Crippen LogP contribution in [0.25, 0.3) is 0 Å². The Kier molecular flexibility index (Phi) is 3.70. The van der Waals surface area contributed by atoms with Crippen LogP contribution in [0, 0.1) is 5.92 Å². The molecule has 0 aliphatic carbocycles. The predicted molar refractivity (Wildman–Crippen MR) is 58.9 cm³/mol. The molecule has 0 aromatic carbocycles. The van der Waals surface area contributed by atoms with Gasteiger partial charge in [0.25, 0.3) is 0 Å². The van der Waals surface area contributed by atoms with Crippen LogP contribution in [-0.4, -0.2) is 34.3 Å². The van der Waals surface area contributed by atoms with E-state index in [0.29, 0.717) is 24.5 Å². The predicted octanol–water partition coefficient (Wildman–Crippen LogP) is 1.75. The first-order chi connectivity index (χ1) is 8.50. The molecule has 0 spiro atoms. The van der Waals surface area contributed by atoms with Gasteiger partial charge in [0.2, 0.25) is 0 Å². The summed E-state index contributed by atoms with van der Waals surface area (Å²) in [7, 11) is 0. The average molecular weight is 261 g/mol. The van der Waals surface area contributed by atoms with E-state index < -0.39 is 12.1 Å². The van der Waals surface area contributed by atoms with Crippen molar-refractivity contribution in [2.45, 2.75) is 25.6 Å². The van der Waals surface area contributed by atoms with Crippen LogP contribution in [0.15, 0.2) is 12.4 Å². The van der Waals surface area contributed by atoms with Crippen molar-refractivity contribution in [3.8, 4) is 0 Å². The quantitative estimate of drug-likeness (QED) is 0.881. The highest BCUT2D eigenvalue weighted by molar-refractivity contribution is 5.37. The maximum atomic E-state index is 12.7. The molecule has 4 nitrogen and oxygen atoms in total. The van der Waals surface area contributed by atoms with Crippen LogP contribution in [0.1, 0.15) is 18.5 Å². The summed E-state index contributed by atoms with van der Waals surface area (Å²) in [6.07, 6.45) is -0.699. The number of rotatable bonds is 2. The van der Waals surface area contributed by atoms with E-state index in [2.05, 4.69) is 9.97 Å². The Morgan fingerprint density at radius 3 is 2.83 bits per heavy atom. The number of anilines is 1. The summed E-state index contributed by atoms with van der Waals surface area (Å²) >= 11 is 0. The third-order valence-electron chi connectivity index (χ3n) is 3.04. The van der Waals surface area contributed by atoms with Crippen molar-refractivity contribution in [3.63, 3.8) is 0 Å². The largest absolute Gasteiger partial charge is 0.393 e. The standard InChI is InChI=1S/C11H14F3N3O/c12-11(13,14)8-2-1-3-17(6-8)10-5-15-4-9(7-18)16-10/h4-5,8,18H,1-3,6-7H2. The van der Waals surface area contributed by atoms with Gasteiger partial charge >= 0.3 is 6.18 Å². The molecule has 1 unspecified atom stereocenters. The van der Waals surface area contributed by atoms with Crippen molar-refractivity contribution in [2.75, 3.05) is 18.0 Å². The molecular weight excluding hydrogens is 247 g/mol. The number of alkyl halides is 3. The molecule has 0 amide bonds. The molecule has 0 saturated carbocycles. The van der Waals surface area contributed by atoms with E-state index in [4.69, 9.17) is 5.11 Å². The van der Waals surface area contributed by atoms with Crippen LogP contribution in [0.2, 0.25) is 0 Å². The van der Waals surface area contributed by atoms with Crippen LogP contribution >= 0.6 is 0 Å². The molecule has 1 aliphatic rings. The molecule has 0 bridgehead atoms. The zero-order chi connectivity index (χ0) is 13.2. The lowest BCUT2D eigenvalue weighted by molar-refractivity contribution is -0.176. The van der Waals surface area contributed by atoms with E-state index in [0.717, 1.165) is 0 Å². The van der Waals surface area contributed by atoms with Gasteiger partial charge in [0.05, 0.1) is 30.6 Å². The molecule has 1 aliphatic heterocycles. The number of hydrogen-bond acceptors (Lipinski definition) is 4. The van der Waals surface area contributed by atoms with Gasteiger partial charge in [-0.2, -0.15) is 13.2 Å². The summed E-state index contributed by atoms with van der Waals surface area (Å²) < 4.78 is 38.0.